The van der Waals surface area contributed by atoms with Gasteiger partial charge in [0.1, 0.15) is 0 Å². The molecule has 5 nitrogen and oxygen atoms in total. The van der Waals surface area contributed by atoms with Crippen LogP contribution in [0.5, 0.6) is 0 Å². The van der Waals surface area contributed by atoms with E-state index in [9.17, 15) is 9.59 Å². The van der Waals surface area contributed by atoms with E-state index in [0.717, 1.165) is 4.90 Å². The fraction of sp³-hybridized carbons (Fsp3) is 0.143. The number of carbonyl (C=O) groups excluding carboxylic acids is 2. The summed E-state index contributed by atoms with van der Waals surface area (Å²) < 4.78 is 0. The zero-order chi connectivity index (χ0) is 15.1. The summed E-state index contributed by atoms with van der Waals surface area (Å²) in [5, 5.41) is 7.59. The van der Waals surface area contributed by atoms with Gasteiger partial charge in [-0.15, -0.1) is 10.2 Å². The quantitative estimate of drug-likeness (QED) is 0.797. The molecule has 2 amide bonds. The highest BCUT2D eigenvalue weighted by Gasteiger charge is 2.39. The van der Waals surface area contributed by atoms with Gasteiger partial charge in [-0.3, -0.25) is 14.5 Å². The molecule has 0 saturated carbocycles. The third-order valence-electron chi connectivity index (χ3n) is 3.41. The van der Waals surface area contributed by atoms with Gasteiger partial charge < -0.3 is 0 Å². The Morgan fingerprint density at radius 1 is 1.05 bits per heavy atom. The number of nitrogens with zero attached hydrogens (tertiary/aromatic N) is 3. The fourth-order valence-corrected chi connectivity index (χ4v) is 2.76. The molecule has 0 N–H and O–H groups in total. The van der Waals surface area contributed by atoms with Crippen molar-refractivity contribution in [2.45, 2.75) is 13.0 Å². The van der Waals surface area contributed by atoms with Gasteiger partial charge in [-0.25, -0.2) is 0 Å². The molecule has 0 aliphatic carbocycles. The molecule has 0 saturated heterocycles. The van der Waals surface area contributed by atoms with Crippen LogP contribution in [0, 0.1) is 0 Å². The molecule has 0 fully saturated rings. The first kappa shape index (κ1) is 14.0. The van der Waals surface area contributed by atoms with E-state index in [2.05, 4.69) is 10.2 Å². The summed E-state index contributed by atoms with van der Waals surface area (Å²) in [7, 11) is 0. The van der Waals surface area contributed by atoms with E-state index in [1.54, 1.807) is 31.2 Å². The third-order valence-corrected chi connectivity index (χ3v) is 3.89. The second kappa shape index (κ2) is 5.09. The minimum Gasteiger partial charge on any atom is -0.269 e. The third kappa shape index (κ3) is 2.18. The lowest BCUT2D eigenvalue weighted by Crippen LogP contribution is -2.32. The van der Waals surface area contributed by atoms with Crippen molar-refractivity contribution < 1.29 is 9.59 Å². The smallest absolute Gasteiger partial charge is 0.262 e. The van der Waals surface area contributed by atoms with Gasteiger partial charge in [0.2, 0.25) is 0 Å². The number of hydrogen-bond acceptors (Lipinski definition) is 4. The van der Waals surface area contributed by atoms with Gasteiger partial charge in [-0.2, -0.15) is 0 Å². The Bertz CT molecular complexity index is 729. The molecule has 2 aromatic rings. The van der Waals surface area contributed by atoms with Crippen molar-refractivity contribution in [1.29, 1.82) is 0 Å². The standard InChI is InChI=1S/C14H9Cl2N3O2/c1-7(10-6-11(15)17-18-12(10)16)19-13(20)8-4-2-3-5-9(8)14(19)21/h2-7H,1H3/t7-/m0/s1. The first-order valence-corrected chi connectivity index (χ1v) is 6.92. The molecule has 0 bridgehead atoms. The number of rotatable bonds is 2. The second-order valence-corrected chi connectivity index (χ2v) is 5.36. The molecule has 3 rings (SSSR count). The van der Waals surface area contributed by atoms with Crippen LogP contribution in [0.25, 0.3) is 0 Å². The van der Waals surface area contributed by atoms with E-state index in [-0.39, 0.29) is 22.1 Å². The summed E-state index contributed by atoms with van der Waals surface area (Å²) in [6.45, 7) is 1.70. The van der Waals surface area contributed by atoms with Crippen molar-refractivity contribution in [2.24, 2.45) is 0 Å². The van der Waals surface area contributed by atoms with Gasteiger partial charge in [-0.1, -0.05) is 35.3 Å². The maximum absolute atomic E-state index is 12.4. The Hall–Kier alpha value is -1.98. The molecule has 1 atom stereocenters. The zero-order valence-electron chi connectivity index (χ0n) is 10.9. The Kier molecular flexibility index (Phi) is 3.39. The number of hydrogen-bond donors (Lipinski definition) is 0. The number of halogens is 2. The summed E-state index contributed by atoms with van der Waals surface area (Å²) in [6.07, 6.45) is 0. The summed E-state index contributed by atoms with van der Waals surface area (Å²) in [5.41, 5.74) is 1.25. The molecule has 1 aromatic carbocycles. The van der Waals surface area contributed by atoms with E-state index in [0.29, 0.717) is 16.7 Å². The van der Waals surface area contributed by atoms with Gasteiger partial charge in [0.25, 0.3) is 11.8 Å². The van der Waals surface area contributed by atoms with E-state index >= 15 is 0 Å². The average molecular weight is 322 g/mol. The van der Waals surface area contributed by atoms with Gasteiger partial charge in [0.05, 0.1) is 17.2 Å². The molecule has 0 spiro atoms. The number of aromatic nitrogens is 2. The first-order valence-electron chi connectivity index (χ1n) is 6.16. The van der Waals surface area contributed by atoms with Crippen LogP contribution in [-0.2, 0) is 0 Å². The molecular formula is C14H9Cl2N3O2. The van der Waals surface area contributed by atoms with Gasteiger partial charge >= 0.3 is 0 Å². The highest BCUT2D eigenvalue weighted by atomic mass is 35.5. The highest BCUT2D eigenvalue weighted by molar-refractivity contribution is 6.32. The van der Waals surface area contributed by atoms with Gasteiger partial charge in [0.15, 0.2) is 10.3 Å². The minimum absolute atomic E-state index is 0.114. The van der Waals surface area contributed by atoms with Crippen LogP contribution < -0.4 is 0 Å². The largest absolute Gasteiger partial charge is 0.269 e. The minimum atomic E-state index is -0.585. The zero-order valence-corrected chi connectivity index (χ0v) is 12.4. The molecule has 21 heavy (non-hydrogen) atoms. The van der Waals surface area contributed by atoms with Crippen LogP contribution in [-0.4, -0.2) is 26.9 Å². The number of amides is 2. The monoisotopic (exact) mass is 321 g/mol. The second-order valence-electron chi connectivity index (χ2n) is 4.62. The normalized spacial score (nSPS) is 15.3. The number of carbonyl (C=O) groups is 2. The van der Waals surface area contributed by atoms with Crippen LogP contribution in [0.15, 0.2) is 30.3 Å². The SMILES string of the molecule is C[C@@H](c1cc(Cl)nnc1Cl)N1C(=O)c2ccccc2C1=O. The van der Waals surface area contributed by atoms with Crippen molar-refractivity contribution in [3.8, 4) is 0 Å². The summed E-state index contributed by atoms with van der Waals surface area (Å²) in [6, 6.07) is 7.61. The van der Waals surface area contributed by atoms with E-state index in [1.807, 2.05) is 0 Å². The van der Waals surface area contributed by atoms with Gasteiger partial charge in [0, 0.05) is 5.56 Å². The lowest BCUT2D eigenvalue weighted by Gasteiger charge is -2.23. The molecule has 2 heterocycles. The molecule has 1 aliphatic heterocycles. The molecular weight excluding hydrogens is 313 g/mol. The highest BCUT2D eigenvalue weighted by Crippen LogP contribution is 2.33. The average Bonchev–Trinajstić information content (AvgIpc) is 2.73. The molecule has 7 heteroatoms. The Labute approximate surface area is 130 Å². The molecule has 0 radical (unpaired) electrons. The van der Waals surface area contributed by atoms with Crippen LogP contribution in [0.1, 0.15) is 39.2 Å². The summed E-state index contributed by atoms with van der Waals surface area (Å²) in [4.78, 5) is 26.0. The van der Waals surface area contributed by atoms with Crippen LogP contribution >= 0.6 is 23.2 Å². The maximum Gasteiger partial charge on any atom is 0.262 e. The summed E-state index contributed by atoms with van der Waals surface area (Å²) in [5.74, 6) is -0.709. The molecule has 1 aromatic heterocycles. The number of benzene rings is 1. The van der Waals surface area contributed by atoms with Crippen molar-refractivity contribution in [3.05, 3.63) is 57.3 Å². The van der Waals surface area contributed by atoms with Crippen molar-refractivity contribution in [3.63, 3.8) is 0 Å². The van der Waals surface area contributed by atoms with Crippen molar-refractivity contribution in [1.82, 2.24) is 15.1 Å². The van der Waals surface area contributed by atoms with E-state index in [1.165, 1.54) is 6.07 Å². The first-order chi connectivity index (χ1) is 10.0. The van der Waals surface area contributed by atoms with E-state index in [4.69, 9.17) is 23.2 Å². The topological polar surface area (TPSA) is 63.2 Å². The number of fused-ring (bicyclic) bond motifs is 1. The van der Waals surface area contributed by atoms with Crippen LogP contribution in [0.4, 0.5) is 0 Å². The fourth-order valence-electron chi connectivity index (χ4n) is 2.36. The van der Waals surface area contributed by atoms with Crippen LogP contribution in [0.2, 0.25) is 10.3 Å². The molecule has 1 aliphatic rings. The van der Waals surface area contributed by atoms with Crippen LogP contribution in [0.3, 0.4) is 0 Å². The van der Waals surface area contributed by atoms with Crippen molar-refractivity contribution >= 4 is 35.0 Å². The number of imide groups is 1. The van der Waals surface area contributed by atoms with E-state index < -0.39 is 6.04 Å². The molecule has 106 valence electrons. The lowest BCUT2D eigenvalue weighted by molar-refractivity contribution is 0.0595. The summed E-state index contributed by atoms with van der Waals surface area (Å²) >= 11 is 11.8. The molecule has 0 unspecified atom stereocenters. The lowest BCUT2D eigenvalue weighted by atomic mass is 10.1. The maximum atomic E-state index is 12.4. The van der Waals surface area contributed by atoms with Gasteiger partial charge in [-0.05, 0) is 25.1 Å². The Morgan fingerprint density at radius 3 is 2.19 bits per heavy atom. The Morgan fingerprint density at radius 2 is 1.62 bits per heavy atom. The van der Waals surface area contributed by atoms with Crippen molar-refractivity contribution in [2.75, 3.05) is 0 Å². The predicted octanol–water partition coefficient (Wildman–Crippen LogP) is 3.14. The Balaban J connectivity index is 2.04. The predicted molar refractivity (Wildman–Crippen MR) is 77.4 cm³/mol.